The number of nitrogens with zero attached hydrogens (tertiary/aromatic N) is 1. The minimum Gasteiger partial charge on any atom is -0.399 e. The van der Waals surface area contributed by atoms with E-state index in [1.165, 1.54) is 17.0 Å². The minimum absolute atomic E-state index is 0.0684. The van der Waals surface area contributed by atoms with E-state index in [2.05, 4.69) is 0 Å². The van der Waals surface area contributed by atoms with Crippen molar-refractivity contribution in [3.05, 3.63) is 22.2 Å². The summed E-state index contributed by atoms with van der Waals surface area (Å²) in [6, 6.07) is 2.89. The molecule has 9 heteroatoms. The van der Waals surface area contributed by atoms with E-state index in [-0.39, 0.29) is 28.7 Å². The van der Waals surface area contributed by atoms with E-state index in [9.17, 15) is 13.2 Å². The highest BCUT2D eigenvalue weighted by molar-refractivity contribution is 7.89. The summed E-state index contributed by atoms with van der Waals surface area (Å²) in [7, 11) is -3.78. The van der Waals surface area contributed by atoms with Crippen molar-refractivity contribution >= 4 is 50.5 Å². The highest BCUT2D eigenvalue weighted by atomic mass is 35.5. The van der Waals surface area contributed by atoms with E-state index in [1.807, 2.05) is 0 Å². The van der Waals surface area contributed by atoms with Crippen LogP contribution in [0.4, 0.5) is 11.4 Å². The van der Waals surface area contributed by atoms with Crippen LogP contribution >= 0.6 is 23.2 Å². The van der Waals surface area contributed by atoms with Crippen LogP contribution in [-0.4, -0.2) is 26.1 Å². The molecule has 1 aromatic carbocycles. The first-order chi connectivity index (χ1) is 8.70. The van der Waals surface area contributed by atoms with Gasteiger partial charge in [0.05, 0.1) is 15.7 Å². The molecule has 6 nitrogen and oxygen atoms in total. The molecule has 0 aromatic heterocycles. The molecular formula is C10H11Cl2N3O3S. The second-order valence-electron chi connectivity index (χ2n) is 4.25. The largest absolute Gasteiger partial charge is 0.399 e. The lowest BCUT2D eigenvalue weighted by atomic mass is 10.2. The van der Waals surface area contributed by atoms with Gasteiger partial charge in [-0.3, -0.25) is 4.79 Å². The van der Waals surface area contributed by atoms with Crippen molar-refractivity contribution in [2.75, 3.05) is 17.2 Å². The lowest BCUT2D eigenvalue weighted by Crippen LogP contribution is -2.32. The molecule has 0 saturated carbocycles. The summed E-state index contributed by atoms with van der Waals surface area (Å²) in [5.74, 6) is -0.396. The van der Waals surface area contributed by atoms with E-state index in [0.717, 1.165) is 0 Å². The van der Waals surface area contributed by atoms with Gasteiger partial charge in [0.2, 0.25) is 15.9 Å². The number of sulfonamides is 1. The van der Waals surface area contributed by atoms with E-state index in [4.69, 9.17) is 34.1 Å². The van der Waals surface area contributed by atoms with Crippen LogP contribution in [0.3, 0.4) is 0 Å². The van der Waals surface area contributed by atoms with Gasteiger partial charge in [0, 0.05) is 18.7 Å². The van der Waals surface area contributed by atoms with Crippen LogP contribution in [0.1, 0.15) is 6.42 Å². The Labute approximate surface area is 120 Å². The minimum atomic E-state index is -3.78. The average molecular weight is 324 g/mol. The first-order valence-electron chi connectivity index (χ1n) is 5.26. The fourth-order valence-electron chi connectivity index (χ4n) is 1.95. The predicted octanol–water partition coefficient (Wildman–Crippen LogP) is 0.969. The summed E-state index contributed by atoms with van der Waals surface area (Å²) in [6.45, 7) is -0.0684. The van der Waals surface area contributed by atoms with Crippen LogP contribution in [0.2, 0.25) is 10.0 Å². The lowest BCUT2D eigenvalue weighted by Gasteiger charge is -2.19. The maximum atomic E-state index is 11.9. The van der Waals surface area contributed by atoms with Crippen LogP contribution in [0.5, 0.6) is 0 Å². The summed E-state index contributed by atoms with van der Waals surface area (Å²) >= 11 is 12.0. The molecule has 104 valence electrons. The zero-order chi connectivity index (χ0) is 14.4. The molecule has 0 aliphatic carbocycles. The summed E-state index contributed by atoms with van der Waals surface area (Å²) < 4.78 is 22.6. The standard InChI is InChI=1S/C10H11Cl2N3O3S/c11-7-1-5(13)2-8(12)10(7)15-4-6(3-9(15)16)19(14,17)18/h1-2,6H,3-4,13H2,(H2,14,17,18). The molecule has 2 rings (SSSR count). The lowest BCUT2D eigenvalue weighted by molar-refractivity contribution is -0.117. The molecule has 1 aliphatic rings. The zero-order valence-electron chi connectivity index (χ0n) is 9.64. The topological polar surface area (TPSA) is 106 Å². The molecule has 1 fully saturated rings. The molecular weight excluding hydrogens is 313 g/mol. The summed E-state index contributed by atoms with van der Waals surface area (Å²) in [4.78, 5) is 13.1. The second kappa shape index (κ2) is 4.82. The number of hydrogen-bond donors (Lipinski definition) is 2. The van der Waals surface area contributed by atoms with Crippen LogP contribution in [-0.2, 0) is 14.8 Å². The van der Waals surface area contributed by atoms with Crippen molar-refractivity contribution in [3.63, 3.8) is 0 Å². The van der Waals surface area contributed by atoms with Crippen molar-refractivity contribution in [1.82, 2.24) is 0 Å². The Kier molecular flexibility index (Phi) is 3.65. The van der Waals surface area contributed by atoms with Gasteiger partial charge in [0.1, 0.15) is 5.25 Å². The SMILES string of the molecule is Nc1cc(Cl)c(N2CC(S(N)(=O)=O)CC2=O)c(Cl)c1. The van der Waals surface area contributed by atoms with Crippen molar-refractivity contribution in [1.29, 1.82) is 0 Å². The molecule has 4 N–H and O–H groups in total. The quantitative estimate of drug-likeness (QED) is 0.790. The number of nitrogen functional groups attached to an aromatic ring is 1. The number of amides is 1. The average Bonchev–Trinajstić information content (AvgIpc) is 2.59. The Morgan fingerprint density at radius 1 is 1.26 bits per heavy atom. The van der Waals surface area contributed by atoms with Gasteiger partial charge in [-0.05, 0) is 12.1 Å². The van der Waals surface area contributed by atoms with Gasteiger partial charge >= 0.3 is 0 Å². The Bertz CT molecular complexity index is 624. The number of carbonyl (C=O) groups excluding carboxylic acids is 1. The first-order valence-corrected chi connectivity index (χ1v) is 7.63. The van der Waals surface area contributed by atoms with Crippen LogP contribution in [0.15, 0.2) is 12.1 Å². The Balaban J connectivity index is 2.42. The highest BCUT2D eigenvalue weighted by Gasteiger charge is 2.38. The normalized spacial score (nSPS) is 20.1. The fourth-order valence-corrected chi connectivity index (χ4v) is 3.39. The van der Waals surface area contributed by atoms with Crippen molar-refractivity contribution in [2.45, 2.75) is 11.7 Å². The summed E-state index contributed by atoms with van der Waals surface area (Å²) in [5.41, 5.74) is 6.18. The number of carbonyl (C=O) groups is 1. The zero-order valence-corrected chi connectivity index (χ0v) is 12.0. The molecule has 0 radical (unpaired) electrons. The van der Waals surface area contributed by atoms with E-state index >= 15 is 0 Å². The smallest absolute Gasteiger partial charge is 0.228 e. The predicted molar refractivity (Wildman–Crippen MR) is 74.7 cm³/mol. The highest BCUT2D eigenvalue weighted by Crippen LogP contribution is 2.38. The third kappa shape index (κ3) is 2.79. The molecule has 1 saturated heterocycles. The van der Waals surface area contributed by atoms with Gasteiger partial charge in [-0.2, -0.15) is 0 Å². The van der Waals surface area contributed by atoms with Gasteiger partial charge in [-0.15, -0.1) is 0 Å². The Morgan fingerprint density at radius 2 is 1.79 bits per heavy atom. The third-order valence-electron chi connectivity index (χ3n) is 2.86. The number of hydrogen-bond acceptors (Lipinski definition) is 4. The number of halogens is 2. The van der Waals surface area contributed by atoms with Gasteiger partial charge in [0.15, 0.2) is 0 Å². The van der Waals surface area contributed by atoms with Crippen LogP contribution in [0, 0.1) is 0 Å². The Hall–Kier alpha value is -1.02. The van der Waals surface area contributed by atoms with Crippen molar-refractivity contribution in [3.8, 4) is 0 Å². The van der Waals surface area contributed by atoms with E-state index < -0.39 is 21.2 Å². The Morgan fingerprint density at radius 3 is 2.21 bits per heavy atom. The van der Waals surface area contributed by atoms with Crippen molar-refractivity contribution < 1.29 is 13.2 Å². The molecule has 1 unspecified atom stereocenters. The molecule has 1 aliphatic heterocycles. The van der Waals surface area contributed by atoms with Gasteiger partial charge in [-0.1, -0.05) is 23.2 Å². The van der Waals surface area contributed by atoms with Crippen molar-refractivity contribution in [2.24, 2.45) is 5.14 Å². The van der Waals surface area contributed by atoms with Gasteiger partial charge in [0.25, 0.3) is 0 Å². The maximum absolute atomic E-state index is 11.9. The molecule has 1 heterocycles. The molecule has 1 aromatic rings. The number of benzene rings is 1. The number of rotatable bonds is 2. The maximum Gasteiger partial charge on any atom is 0.228 e. The number of anilines is 2. The first kappa shape index (κ1) is 14.4. The summed E-state index contributed by atoms with van der Waals surface area (Å²) in [6.07, 6.45) is -0.185. The monoisotopic (exact) mass is 323 g/mol. The summed E-state index contributed by atoms with van der Waals surface area (Å²) in [5, 5.41) is 4.47. The van der Waals surface area contributed by atoms with E-state index in [1.54, 1.807) is 0 Å². The van der Waals surface area contributed by atoms with Crippen LogP contribution in [0.25, 0.3) is 0 Å². The fraction of sp³-hybridized carbons (Fsp3) is 0.300. The van der Waals surface area contributed by atoms with Gasteiger partial charge < -0.3 is 10.6 Å². The molecule has 0 bridgehead atoms. The number of nitrogens with two attached hydrogens (primary N) is 2. The molecule has 0 spiro atoms. The van der Waals surface area contributed by atoms with Crippen LogP contribution < -0.4 is 15.8 Å². The van der Waals surface area contributed by atoms with Gasteiger partial charge in [-0.25, -0.2) is 13.6 Å². The molecule has 19 heavy (non-hydrogen) atoms. The molecule has 1 atom stereocenters. The number of primary sulfonamides is 1. The molecule has 1 amide bonds. The van der Waals surface area contributed by atoms with E-state index in [0.29, 0.717) is 5.69 Å². The third-order valence-corrected chi connectivity index (χ3v) is 4.68. The second-order valence-corrected chi connectivity index (χ2v) is 6.91.